The van der Waals surface area contributed by atoms with E-state index in [1.165, 1.54) is 0 Å². The fourth-order valence-corrected chi connectivity index (χ4v) is 0.866. The maximum absolute atomic E-state index is 10.4. The summed E-state index contributed by atoms with van der Waals surface area (Å²) in [6.07, 6.45) is 0. The molecule has 1 radical (unpaired) electrons. The highest BCUT2D eigenvalue weighted by molar-refractivity contribution is 6.49. The zero-order valence-corrected chi connectivity index (χ0v) is 5.55. The summed E-state index contributed by atoms with van der Waals surface area (Å²) in [6, 6.07) is 1.83. The first-order chi connectivity index (χ1) is 2.81. The molecule has 0 aliphatic heterocycles. The van der Waals surface area contributed by atoms with Crippen LogP contribution in [0.15, 0.2) is 0 Å². The number of rotatable bonds is 2. The summed E-state index contributed by atoms with van der Waals surface area (Å²) in [7, 11) is -1.41. The molecule has 0 amide bonds. The molecule has 0 rings (SSSR count). The van der Waals surface area contributed by atoms with Crippen LogP contribution in [-0.2, 0) is 4.80 Å². The van der Waals surface area contributed by atoms with Gasteiger partial charge in [0, 0.05) is 0 Å². The van der Waals surface area contributed by atoms with Gasteiger partial charge in [0.25, 0.3) is 0 Å². The van der Waals surface area contributed by atoms with Crippen LogP contribution in [0.25, 0.3) is 0 Å². The number of hydrogen-bond donors (Lipinski definition) is 0. The molecule has 0 aromatic carbocycles. The Bertz CT molecular complexity index is 26.7. The van der Waals surface area contributed by atoms with Gasteiger partial charge in [-0.1, -0.05) is 13.8 Å². The second-order valence-corrected chi connectivity index (χ2v) is 4.32. The van der Waals surface area contributed by atoms with Crippen LogP contribution in [0.3, 0.4) is 0 Å². The van der Waals surface area contributed by atoms with E-state index in [-0.39, 0.29) is 0 Å². The van der Waals surface area contributed by atoms with E-state index in [0.717, 1.165) is 12.1 Å². The van der Waals surface area contributed by atoms with E-state index in [1.54, 1.807) is 0 Å². The minimum Gasteiger partial charge on any atom is -0.302 e. The third-order valence-corrected chi connectivity index (χ3v) is 2.73. The predicted molar refractivity (Wildman–Crippen MR) is 28.8 cm³/mol. The number of hydrogen-bond acceptors (Lipinski definition) is 0. The lowest BCUT2D eigenvalue weighted by Gasteiger charge is -1.91. The van der Waals surface area contributed by atoms with E-state index >= 15 is 0 Å². The zero-order chi connectivity index (χ0) is 4.99. The molecule has 37 valence electrons. The van der Waals surface area contributed by atoms with Crippen molar-refractivity contribution in [3.8, 4) is 0 Å². The van der Waals surface area contributed by atoms with Gasteiger partial charge in [0.05, 0.1) is 0 Å². The van der Waals surface area contributed by atoms with Crippen molar-refractivity contribution in [2.75, 3.05) is 0 Å². The van der Waals surface area contributed by atoms with Gasteiger partial charge in [-0.05, 0) is 12.1 Å². The highest BCUT2D eigenvalue weighted by Crippen LogP contribution is 1.90. The molecule has 0 fully saturated rings. The van der Waals surface area contributed by atoms with E-state index in [2.05, 4.69) is 0 Å². The Morgan fingerprint density at radius 3 is 1.67 bits per heavy atom. The lowest BCUT2D eigenvalue weighted by molar-refractivity contribution is 0.447. The Morgan fingerprint density at radius 1 is 1.33 bits per heavy atom. The Morgan fingerprint density at radius 2 is 1.67 bits per heavy atom. The summed E-state index contributed by atoms with van der Waals surface area (Å²) < 4.78 is 0. The monoisotopic (exact) mass is 103 g/mol. The zero-order valence-electron chi connectivity index (χ0n) is 4.40. The summed E-state index contributed by atoms with van der Waals surface area (Å²) in [4.78, 5) is 10.4. The third kappa shape index (κ3) is 2.42. The first-order valence-electron chi connectivity index (χ1n) is 2.47. The molecule has 2 heteroatoms. The maximum atomic E-state index is 10.4. The van der Waals surface area contributed by atoms with Crippen LogP contribution >= 0.6 is 0 Å². The van der Waals surface area contributed by atoms with E-state index in [9.17, 15) is 4.80 Å². The lowest BCUT2D eigenvalue weighted by Crippen LogP contribution is -2.03. The molecule has 0 aliphatic rings. The van der Waals surface area contributed by atoms with E-state index in [0.29, 0.717) is 0 Å². The van der Waals surface area contributed by atoms with Crippen LogP contribution in [0.2, 0.25) is 12.1 Å². The molecule has 0 aromatic heterocycles. The van der Waals surface area contributed by atoms with Gasteiger partial charge in [0.2, 0.25) is 9.04 Å². The Balaban J connectivity index is 2.75. The van der Waals surface area contributed by atoms with Crippen molar-refractivity contribution in [2.24, 2.45) is 0 Å². The molecule has 0 atom stereocenters. The van der Waals surface area contributed by atoms with Crippen molar-refractivity contribution in [1.29, 1.82) is 0 Å². The minimum atomic E-state index is -1.41. The van der Waals surface area contributed by atoms with Crippen molar-refractivity contribution in [3.05, 3.63) is 0 Å². The Hall–Kier alpha value is 0.177. The summed E-state index contributed by atoms with van der Waals surface area (Å²) >= 11 is 0. The molecule has 0 spiro atoms. The standard InChI is InChI=1S/C4H11OSi/c1-3-6(5)4-2/h6H,3-4H2,1-2H3. The highest BCUT2D eigenvalue weighted by atomic mass is 28.3. The molecule has 0 aliphatic carbocycles. The molecular formula is C4H11OSi. The molecule has 0 unspecified atom stereocenters. The quantitative estimate of drug-likeness (QED) is 0.468. The summed E-state index contributed by atoms with van der Waals surface area (Å²) in [5, 5.41) is 0. The molecule has 0 heterocycles. The average Bonchev–Trinajstić information content (AvgIpc) is 1.65. The molecule has 0 saturated carbocycles. The molecule has 1 nitrogen and oxygen atoms in total. The SMILES string of the molecule is CC[SiH]([O])CC. The fourth-order valence-electron chi connectivity index (χ4n) is 0.289. The predicted octanol–water partition coefficient (Wildman–Crippen LogP) is 1.18. The topological polar surface area (TPSA) is 19.9 Å². The normalized spacial score (nSPS) is 10.0. The van der Waals surface area contributed by atoms with E-state index in [4.69, 9.17) is 0 Å². The maximum Gasteiger partial charge on any atom is 0.221 e. The summed E-state index contributed by atoms with van der Waals surface area (Å²) in [6.45, 7) is 3.96. The molecule has 6 heavy (non-hydrogen) atoms. The van der Waals surface area contributed by atoms with Gasteiger partial charge in [-0.15, -0.1) is 0 Å². The van der Waals surface area contributed by atoms with Crippen molar-refractivity contribution in [1.82, 2.24) is 0 Å². The minimum absolute atomic E-state index is 0.913. The van der Waals surface area contributed by atoms with Gasteiger partial charge >= 0.3 is 0 Å². The lowest BCUT2D eigenvalue weighted by atomic mass is 11.0. The van der Waals surface area contributed by atoms with Gasteiger partial charge < -0.3 is 4.80 Å². The molecule has 0 aromatic rings. The fraction of sp³-hybridized carbons (Fsp3) is 1.00. The Labute approximate surface area is 40.7 Å². The first-order valence-corrected chi connectivity index (χ1v) is 4.57. The van der Waals surface area contributed by atoms with Gasteiger partial charge in [0.1, 0.15) is 0 Å². The van der Waals surface area contributed by atoms with Crippen molar-refractivity contribution in [2.45, 2.75) is 25.9 Å². The van der Waals surface area contributed by atoms with Crippen LogP contribution in [0.1, 0.15) is 13.8 Å². The van der Waals surface area contributed by atoms with E-state index in [1.807, 2.05) is 13.8 Å². The largest absolute Gasteiger partial charge is 0.302 e. The van der Waals surface area contributed by atoms with Crippen LogP contribution in [-0.4, -0.2) is 9.04 Å². The molecule has 0 saturated heterocycles. The van der Waals surface area contributed by atoms with Gasteiger partial charge in [0.15, 0.2) is 0 Å². The van der Waals surface area contributed by atoms with E-state index < -0.39 is 9.04 Å². The average molecular weight is 103 g/mol. The van der Waals surface area contributed by atoms with Gasteiger partial charge in [-0.2, -0.15) is 0 Å². The van der Waals surface area contributed by atoms with Gasteiger partial charge in [-0.25, -0.2) is 0 Å². The highest BCUT2D eigenvalue weighted by Gasteiger charge is 1.98. The van der Waals surface area contributed by atoms with Crippen molar-refractivity contribution < 1.29 is 4.80 Å². The van der Waals surface area contributed by atoms with Crippen molar-refractivity contribution in [3.63, 3.8) is 0 Å². The third-order valence-electron chi connectivity index (χ3n) is 0.911. The van der Waals surface area contributed by atoms with Crippen LogP contribution < -0.4 is 0 Å². The summed E-state index contributed by atoms with van der Waals surface area (Å²) in [5.41, 5.74) is 0. The van der Waals surface area contributed by atoms with Crippen LogP contribution in [0, 0.1) is 0 Å². The smallest absolute Gasteiger partial charge is 0.221 e. The molecule has 0 bridgehead atoms. The van der Waals surface area contributed by atoms with Gasteiger partial charge in [-0.3, -0.25) is 0 Å². The van der Waals surface area contributed by atoms with Crippen LogP contribution in [0.4, 0.5) is 0 Å². The molecule has 0 N–H and O–H groups in total. The Kier molecular flexibility index (Phi) is 3.47. The van der Waals surface area contributed by atoms with Crippen LogP contribution in [0.5, 0.6) is 0 Å². The van der Waals surface area contributed by atoms with Crippen molar-refractivity contribution >= 4 is 9.04 Å². The summed E-state index contributed by atoms with van der Waals surface area (Å²) in [5.74, 6) is 0. The molecular weight excluding hydrogens is 92.1 g/mol. The first kappa shape index (κ1) is 6.18. The second kappa shape index (κ2) is 3.37. The second-order valence-electron chi connectivity index (χ2n) is 1.44.